The number of piperidine rings is 1. The molecule has 1 rings (SSSR count). The summed E-state index contributed by atoms with van der Waals surface area (Å²) in [5, 5.41) is 6.10. The van der Waals surface area contributed by atoms with Crippen LogP contribution >= 0.6 is 0 Å². The number of carbonyl (C=O) groups is 1. The van der Waals surface area contributed by atoms with E-state index < -0.39 is 0 Å². The molecule has 0 radical (unpaired) electrons. The van der Waals surface area contributed by atoms with Gasteiger partial charge in [0.15, 0.2) is 0 Å². The first-order chi connectivity index (χ1) is 8.72. The van der Waals surface area contributed by atoms with Gasteiger partial charge in [-0.3, -0.25) is 0 Å². The van der Waals surface area contributed by atoms with Gasteiger partial charge in [-0.15, -0.1) is 0 Å². The minimum Gasteiger partial charge on any atom is -0.450 e. The normalized spacial score (nSPS) is 18.3. The third-order valence-corrected chi connectivity index (χ3v) is 3.53. The molecule has 2 N–H and O–H groups in total. The Morgan fingerprint density at radius 2 is 2.11 bits per heavy atom. The lowest BCUT2D eigenvalue weighted by molar-refractivity contribution is -0.0395. The number of hydrogen-bond donors (Lipinski definition) is 2. The molecule has 1 aliphatic rings. The molecule has 0 aromatic heterocycles. The van der Waals surface area contributed by atoms with Crippen LogP contribution in [0, 0.1) is 0 Å². The maximum absolute atomic E-state index is 11.4. The Labute approximate surface area is 110 Å². The van der Waals surface area contributed by atoms with Crippen molar-refractivity contribution in [2.45, 2.75) is 44.6 Å². The van der Waals surface area contributed by atoms with E-state index in [4.69, 9.17) is 9.47 Å². The van der Waals surface area contributed by atoms with Crippen molar-refractivity contribution in [1.82, 2.24) is 10.6 Å². The number of ether oxygens (including phenoxy) is 2. The third kappa shape index (κ3) is 5.23. The summed E-state index contributed by atoms with van der Waals surface area (Å²) in [6.45, 7) is 5.14. The summed E-state index contributed by atoms with van der Waals surface area (Å²) in [5.74, 6) is 0. The minimum atomic E-state index is -0.316. The van der Waals surface area contributed by atoms with Crippen molar-refractivity contribution < 1.29 is 14.3 Å². The van der Waals surface area contributed by atoms with E-state index in [1.807, 2.05) is 0 Å². The fourth-order valence-electron chi connectivity index (χ4n) is 2.19. The van der Waals surface area contributed by atoms with Crippen LogP contribution in [0.15, 0.2) is 0 Å². The lowest BCUT2D eigenvalue weighted by atomic mass is 9.89. The molecule has 0 spiro atoms. The molecule has 0 atom stereocenters. The number of amides is 1. The monoisotopic (exact) mass is 258 g/mol. The zero-order valence-electron chi connectivity index (χ0n) is 11.6. The van der Waals surface area contributed by atoms with Gasteiger partial charge in [0.25, 0.3) is 0 Å². The van der Waals surface area contributed by atoms with Gasteiger partial charge in [-0.2, -0.15) is 0 Å². The molecule has 0 aliphatic carbocycles. The van der Waals surface area contributed by atoms with E-state index in [1.54, 1.807) is 7.11 Å². The number of nitrogens with one attached hydrogen (secondary N) is 2. The van der Waals surface area contributed by atoms with Gasteiger partial charge in [-0.05, 0) is 38.8 Å². The largest absolute Gasteiger partial charge is 0.450 e. The van der Waals surface area contributed by atoms with Gasteiger partial charge >= 0.3 is 6.09 Å². The minimum absolute atomic E-state index is 0.0814. The Morgan fingerprint density at radius 1 is 1.39 bits per heavy atom. The molecule has 0 unspecified atom stereocenters. The molecule has 0 saturated carbocycles. The molecular formula is C13H26N2O3. The highest BCUT2D eigenvalue weighted by Gasteiger charge is 2.31. The van der Waals surface area contributed by atoms with E-state index in [-0.39, 0.29) is 11.7 Å². The Kier molecular flexibility index (Phi) is 7.05. The Hall–Kier alpha value is -0.810. The van der Waals surface area contributed by atoms with Crippen molar-refractivity contribution in [3.05, 3.63) is 0 Å². The highest BCUT2D eigenvalue weighted by molar-refractivity contribution is 5.66. The number of alkyl carbamates (subject to hydrolysis) is 1. The number of methoxy groups -OCH3 is 1. The average molecular weight is 258 g/mol. The Bertz CT molecular complexity index is 240. The summed E-state index contributed by atoms with van der Waals surface area (Å²) < 4.78 is 10.7. The van der Waals surface area contributed by atoms with E-state index >= 15 is 0 Å². The van der Waals surface area contributed by atoms with Crippen LogP contribution in [0.25, 0.3) is 0 Å². The molecule has 0 aromatic rings. The summed E-state index contributed by atoms with van der Waals surface area (Å²) in [6, 6.07) is 0. The second kappa shape index (κ2) is 8.32. The predicted octanol–water partition coefficient (Wildman–Crippen LogP) is 1.67. The molecule has 0 aromatic carbocycles. The van der Waals surface area contributed by atoms with Crippen molar-refractivity contribution in [3.63, 3.8) is 0 Å². The van der Waals surface area contributed by atoms with Crippen LogP contribution < -0.4 is 10.6 Å². The second-order valence-corrected chi connectivity index (χ2v) is 4.80. The highest BCUT2D eigenvalue weighted by atomic mass is 16.5. The molecule has 18 heavy (non-hydrogen) atoms. The van der Waals surface area contributed by atoms with Gasteiger partial charge in [-0.1, -0.05) is 13.3 Å². The SMILES string of the molecule is CCCCOC(=O)NCCC1(OC)CCNCC1. The second-order valence-electron chi connectivity index (χ2n) is 4.80. The van der Waals surface area contributed by atoms with E-state index in [0.717, 1.165) is 45.2 Å². The maximum atomic E-state index is 11.4. The van der Waals surface area contributed by atoms with Crippen LogP contribution in [-0.2, 0) is 9.47 Å². The quantitative estimate of drug-likeness (QED) is 0.682. The molecular weight excluding hydrogens is 232 g/mol. The highest BCUT2D eigenvalue weighted by Crippen LogP contribution is 2.25. The first kappa shape index (κ1) is 15.2. The van der Waals surface area contributed by atoms with Gasteiger partial charge in [0.1, 0.15) is 0 Å². The van der Waals surface area contributed by atoms with Crippen LogP contribution in [-0.4, -0.2) is 45.0 Å². The predicted molar refractivity (Wildman–Crippen MR) is 70.7 cm³/mol. The lowest BCUT2D eigenvalue weighted by Crippen LogP contribution is -2.45. The van der Waals surface area contributed by atoms with Crippen LogP contribution in [0.3, 0.4) is 0 Å². The maximum Gasteiger partial charge on any atom is 0.407 e. The van der Waals surface area contributed by atoms with E-state index in [0.29, 0.717) is 13.2 Å². The van der Waals surface area contributed by atoms with Crippen molar-refractivity contribution >= 4 is 6.09 Å². The van der Waals surface area contributed by atoms with E-state index in [2.05, 4.69) is 17.6 Å². The number of hydrogen-bond acceptors (Lipinski definition) is 4. The van der Waals surface area contributed by atoms with Crippen molar-refractivity contribution in [3.8, 4) is 0 Å². The van der Waals surface area contributed by atoms with E-state index in [9.17, 15) is 4.79 Å². The summed E-state index contributed by atoms with van der Waals surface area (Å²) in [4.78, 5) is 11.4. The molecule has 1 amide bonds. The molecule has 1 saturated heterocycles. The Balaban J connectivity index is 2.16. The van der Waals surface area contributed by atoms with Crippen LogP contribution in [0.5, 0.6) is 0 Å². The fourth-order valence-corrected chi connectivity index (χ4v) is 2.19. The first-order valence-corrected chi connectivity index (χ1v) is 6.89. The first-order valence-electron chi connectivity index (χ1n) is 6.89. The third-order valence-electron chi connectivity index (χ3n) is 3.53. The molecule has 5 nitrogen and oxygen atoms in total. The van der Waals surface area contributed by atoms with Crippen molar-refractivity contribution in [2.24, 2.45) is 0 Å². The number of unbranched alkanes of at least 4 members (excludes halogenated alkanes) is 1. The summed E-state index contributed by atoms with van der Waals surface area (Å²) >= 11 is 0. The Morgan fingerprint density at radius 3 is 2.72 bits per heavy atom. The average Bonchev–Trinajstić information content (AvgIpc) is 2.40. The van der Waals surface area contributed by atoms with Gasteiger partial charge < -0.3 is 20.1 Å². The van der Waals surface area contributed by atoms with Gasteiger partial charge in [-0.25, -0.2) is 4.79 Å². The van der Waals surface area contributed by atoms with E-state index in [1.165, 1.54) is 0 Å². The summed E-state index contributed by atoms with van der Waals surface area (Å²) in [6.07, 6.45) is 4.47. The zero-order chi connectivity index (χ0) is 13.3. The van der Waals surface area contributed by atoms with Crippen LogP contribution in [0.1, 0.15) is 39.0 Å². The molecule has 1 aliphatic heterocycles. The van der Waals surface area contributed by atoms with Crippen LogP contribution in [0.2, 0.25) is 0 Å². The summed E-state index contributed by atoms with van der Waals surface area (Å²) in [7, 11) is 1.75. The van der Waals surface area contributed by atoms with Gasteiger partial charge in [0.05, 0.1) is 12.2 Å². The van der Waals surface area contributed by atoms with Crippen molar-refractivity contribution in [1.29, 1.82) is 0 Å². The number of rotatable bonds is 7. The van der Waals surface area contributed by atoms with Crippen LogP contribution in [0.4, 0.5) is 4.79 Å². The van der Waals surface area contributed by atoms with Gasteiger partial charge in [0, 0.05) is 13.7 Å². The smallest absolute Gasteiger partial charge is 0.407 e. The lowest BCUT2D eigenvalue weighted by Gasteiger charge is -2.36. The standard InChI is InChI=1S/C13H26N2O3/c1-3-4-11-18-12(16)15-10-7-13(17-2)5-8-14-9-6-13/h14H,3-11H2,1-2H3,(H,15,16). The molecule has 106 valence electrons. The molecule has 1 fully saturated rings. The molecule has 0 bridgehead atoms. The topological polar surface area (TPSA) is 59.6 Å². The fraction of sp³-hybridized carbons (Fsp3) is 0.923. The molecule has 5 heteroatoms. The summed E-state index contributed by atoms with van der Waals surface area (Å²) in [5.41, 5.74) is -0.0814. The zero-order valence-corrected chi connectivity index (χ0v) is 11.6. The van der Waals surface area contributed by atoms with Gasteiger partial charge in [0.2, 0.25) is 0 Å². The number of carbonyl (C=O) groups excluding carboxylic acids is 1. The molecule has 1 heterocycles. The van der Waals surface area contributed by atoms with Crippen molar-refractivity contribution in [2.75, 3.05) is 33.4 Å².